The lowest BCUT2D eigenvalue weighted by Crippen LogP contribution is -2.29. The molecule has 2 amide bonds. The van der Waals surface area contributed by atoms with Crippen LogP contribution in [0.3, 0.4) is 0 Å². The molecule has 1 fully saturated rings. The van der Waals surface area contributed by atoms with Gasteiger partial charge in [0.05, 0.1) is 11.3 Å². The van der Waals surface area contributed by atoms with E-state index in [1.165, 1.54) is 23.9 Å². The summed E-state index contributed by atoms with van der Waals surface area (Å²) in [5.74, 6) is -0.676. The van der Waals surface area contributed by atoms with Crippen LogP contribution in [-0.4, -0.2) is 45.8 Å². The molecule has 1 aliphatic heterocycles. The number of amides is 2. The molecule has 0 spiro atoms. The first kappa shape index (κ1) is 22.3. The molecule has 1 aliphatic rings. The molecule has 162 valence electrons. The number of nitrogens with one attached hydrogen (secondary N) is 1. The van der Waals surface area contributed by atoms with Gasteiger partial charge in [-0.05, 0) is 18.6 Å². The average Bonchev–Trinajstić information content (AvgIpc) is 3.17. The molecule has 0 saturated carbocycles. The van der Waals surface area contributed by atoms with E-state index in [4.69, 9.17) is 4.74 Å². The number of hydrogen-bond acceptors (Lipinski definition) is 7. The zero-order valence-electron chi connectivity index (χ0n) is 16.8. The lowest BCUT2D eigenvalue weighted by Gasteiger charge is -2.19. The zero-order chi connectivity index (χ0) is 22.4. The Hall–Kier alpha value is -3.40. The van der Waals surface area contributed by atoms with Gasteiger partial charge in [-0.25, -0.2) is 0 Å². The predicted octanol–water partition coefficient (Wildman–Crippen LogP) is 3.69. The fourth-order valence-electron chi connectivity index (χ4n) is 3.04. The second-order valence-electron chi connectivity index (χ2n) is 6.90. The van der Waals surface area contributed by atoms with Crippen molar-refractivity contribution in [2.24, 2.45) is 0 Å². The van der Waals surface area contributed by atoms with E-state index < -0.39 is 22.9 Å². The molecule has 3 rings (SSSR count). The molecule has 0 aliphatic carbocycles. The number of esters is 1. The number of rotatable bonds is 8. The summed E-state index contributed by atoms with van der Waals surface area (Å²) in [5.41, 5.74) is 0.857. The van der Waals surface area contributed by atoms with Gasteiger partial charge in [0.15, 0.2) is 0 Å². The topological polar surface area (TPSA) is 119 Å². The van der Waals surface area contributed by atoms with Crippen molar-refractivity contribution in [1.82, 2.24) is 4.90 Å². The van der Waals surface area contributed by atoms with Gasteiger partial charge in [-0.2, -0.15) is 0 Å². The van der Waals surface area contributed by atoms with Gasteiger partial charge in [-0.3, -0.25) is 24.5 Å². The lowest BCUT2D eigenvalue weighted by molar-refractivity contribution is -0.384. The Morgan fingerprint density at radius 1 is 1.26 bits per heavy atom. The number of nitrogens with zero attached hydrogens (tertiary/aromatic N) is 2. The molecule has 2 aromatic carbocycles. The van der Waals surface area contributed by atoms with Crippen LogP contribution in [0, 0.1) is 17.0 Å². The smallest absolute Gasteiger partial charge is 0.308 e. The highest BCUT2D eigenvalue weighted by molar-refractivity contribution is 8.13. The van der Waals surface area contributed by atoms with Gasteiger partial charge in [-0.1, -0.05) is 48.2 Å². The highest BCUT2D eigenvalue weighted by Gasteiger charge is 2.28. The minimum absolute atomic E-state index is 0.0114. The van der Waals surface area contributed by atoms with Gasteiger partial charge in [0, 0.05) is 30.5 Å². The van der Waals surface area contributed by atoms with E-state index in [-0.39, 0.29) is 29.6 Å². The third kappa shape index (κ3) is 5.82. The van der Waals surface area contributed by atoms with Crippen LogP contribution in [0.25, 0.3) is 0 Å². The van der Waals surface area contributed by atoms with Crippen molar-refractivity contribution in [2.45, 2.75) is 19.4 Å². The second-order valence-corrected chi connectivity index (χ2v) is 7.95. The van der Waals surface area contributed by atoms with Crippen LogP contribution in [-0.2, 0) is 14.3 Å². The normalized spacial score (nSPS) is 14.2. The minimum atomic E-state index is -1.29. The molecule has 31 heavy (non-hydrogen) atoms. The number of hydrogen-bond donors (Lipinski definition) is 1. The molecular formula is C21H21N3O6S. The largest absolute Gasteiger partial charge is 0.447 e. The fraction of sp³-hybridized carbons (Fsp3) is 0.286. The highest BCUT2D eigenvalue weighted by atomic mass is 32.2. The number of thioether (sulfide) groups is 1. The predicted molar refractivity (Wildman–Crippen MR) is 116 cm³/mol. The zero-order valence-corrected chi connectivity index (χ0v) is 17.6. The molecule has 10 heteroatoms. The number of benzene rings is 2. The van der Waals surface area contributed by atoms with Gasteiger partial charge in [0.1, 0.15) is 5.69 Å². The molecule has 0 radical (unpaired) electrons. The number of carbonyl (C=O) groups is 3. The lowest BCUT2D eigenvalue weighted by atomic mass is 10.1. The molecule has 1 atom stereocenters. The third-order valence-electron chi connectivity index (χ3n) is 4.63. The van der Waals surface area contributed by atoms with Crippen LogP contribution in [0.5, 0.6) is 0 Å². The molecule has 2 aromatic rings. The van der Waals surface area contributed by atoms with Crippen molar-refractivity contribution in [3.8, 4) is 0 Å². The standard InChI is InChI=1S/C21H21N3O6S/c1-14-7-8-16(17(13-14)24(28)29)22-20(26)19(15-5-3-2-4-6-15)30-18(25)9-10-23-11-12-31-21(23)27/h2-8,13,19H,9-12H2,1H3,(H,22,26). The first-order valence-corrected chi connectivity index (χ1v) is 10.6. The Kier molecular flexibility index (Phi) is 7.24. The van der Waals surface area contributed by atoms with Gasteiger partial charge < -0.3 is 15.0 Å². The summed E-state index contributed by atoms with van der Waals surface area (Å²) < 4.78 is 5.42. The van der Waals surface area contributed by atoms with Crippen LogP contribution in [0.1, 0.15) is 23.7 Å². The Morgan fingerprint density at radius 2 is 2.00 bits per heavy atom. The van der Waals surface area contributed by atoms with Crippen LogP contribution >= 0.6 is 11.8 Å². The highest BCUT2D eigenvalue weighted by Crippen LogP contribution is 2.28. The maximum Gasteiger partial charge on any atom is 0.308 e. The number of ether oxygens (including phenoxy) is 1. The van der Waals surface area contributed by atoms with E-state index >= 15 is 0 Å². The summed E-state index contributed by atoms with van der Waals surface area (Å²) in [7, 11) is 0. The van der Waals surface area contributed by atoms with E-state index in [0.29, 0.717) is 23.4 Å². The molecule has 1 unspecified atom stereocenters. The Labute approximate surface area is 182 Å². The van der Waals surface area contributed by atoms with Gasteiger partial charge >= 0.3 is 5.97 Å². The maximum absolute atomic E-state index is 12.9. The minimum Gasteiger partial charge on any atom is -0.447 e. The summed E-state index contributed by atoms with van der Waals surface area (Å²) in [6, 6.07) is 12.8. The van der Waals surface area contributed by atoms with E-state index in [0.717, 1.165) is 0 Å². The van der Waals surface area contributed by atoms with Gasteiger partial charge in [0.25, 0.3) is 16.8 Å². The quantitative estimate of drug-likeness (QED) is 0.375. The second kappa shape index (κ2) is 10.1. The maximum atomic E-state index is 12.9. The number of carbonyl (C=O) groups excluding carboxylic acids is 3. The fourth-order valence-corrected chi connectivity index (χ4v) is 3.89. The van der Waals surface area contributed by atoms with Crippen molar-refractivity contribution in [3.05, 3.63) is 69.8 Å². The Morgan fingerprint density at radius 3 is 2.65 bits per heavy atom. The molecule has 9 nitrogen and oxygen atoms in total. The van der Waals surface area contributed by atoms with E-state index in [1.54, 1.807) is 48.2 Å². The summed E-state index contributed by atoms with van der Waals surface area (Å²) in [6.45, 7) is 2.48. The van der Waals surface area contributed by atoms with E-state index in [1.807, 2.05) is 0 Å². The van der Waals surface area contributed by atoms with Crippen LogP contribution in [0.15, 0.2) is 48.5 Å². The number of anilines is 1. The Balaban J connectivity index is 1.75. The number of nitro benzene ring substituents is 1. The van der Waals surface area contributed by atoms with Gasteiger partial charge in [0.2, 0.25) is 6.10 Å². The van der Waals surface area contributed by atoms with Crippen LogP contribution in [0.4, 0.5) is 16.2 Å². The SMILES string of the molecule is Cc1ccc(NC(=O)C(OC(=O)CCN2CCSC2=O)c2ccccc2)c([N+](=O)[O-])c1. The van der Waals surface area contributed by atoms with Crippen molar-refractivity contribution >= 4 is 40.3 Å². The third-order valence-corrected chi connectivity index (χ3v) is 5.52. The first-order valence-electron chi connectivity index (χ1n) is 9.57. The molecule has 1 saturated heterocycles. The average molecular weight is 443 g/mol. The van der Waals surface area contributed by atoms with Crippen molar-refractivity contribution in [2.75, 3.05) is 24.2 Å². The monoisotopic (exact) mass is 443 g/mol. The van der Waals surface area contributed by atoms with Crippen molar-refractivity contribution in [3.63, 3.8) is 0 Å². The van der Waals surface area contributed by atoms with E-state index in [9.17, 15) is 24.5 Å². The van der Waals surface area contributed by atoms with Gasteiger partial charge in [-0.15, -0.1) is 0 Å². The Bertz CT molecular complexity index is 998. The molecule has 0 aromatic heterocycles. The molecule has 1 N–H and O–H groups in total. The van der Waals surface area contributed by atoms with E-state index in [2.05, 4.69) is 5.32 Å². The summed E-state index contributed by atoms with van der Waals surface area (Å²) >= 11 is 1.19. The summed E-state index contributed by atoms with van der Waals surface area (Å²) in [6.07, 6.45) is -1.36. The first-order chi connectivity index (χ1) is 14.8. The number of aryl methyl sites for hydroxylation is 1. The van der Waals surface area contributed by atoms with Crippen molar-refractivity contribution < 1.29 is 24.0 Å². The van der Waals surface area contributed by atoms with Crippen LogP contribution < -0.4 is 5.32 Å². The number of nitro groups is 1. The summed E-state index contributed by atoms with van der Waals surface area (Å²) in [5, 5.41) is 13.8. The summed E-state index contributed by atoms with van der Waals surface area (Å²) in [4.78, 5) is 49.3. The molecule has 1 heterocycles. The van der Waals surface area contributed by atoms with Crippen molar-refractivity contribution in [1.29, 1.82) is 0 Å². The molecular weight excluding hydrogens is 422 g/mol. The molecule has 0 bridgehead atoms. The van der Waals surface area contributed by atoms with Crippen LogP contribution in [0.2, 0.25) is 0 Å².